The van der Waals surface area contributed by atoms with Gasteiger partial charge in [-0.15, -0.1) is 12.4 Å². The van der Waals surface area contributed by atoms with E-state index in [1.54, 1.807) is 18.3 Å². The number of hydrogen-bond donors (Lipinski definition) is 1. The van der Waals surface area contributed by atoms with Crippen molar-refractivity contribution in [1.29, 1.82) is 0 Å². The number of nitrogens with zero attached hydrogens (tertiary/aromatic N) is 3. The van der Waals surface area contributed by atoms with E-state index >= 15 is 0 Å². The van der Waals surface area contributed by atoms with Crippen LogP contribution in [0.15, 0.2) is 48.8 Å². The predicted molar refractivity (Wildman–Crippen MR) is 91.1 cm³/mol. The first kappa shape index (κ1) is 16.1. The molecule has 0 unspecified atom stereocenters. The summed E-state index contributed by atoms with van der Waals surface area (Å²) in [5.74, 6) is 0. The Morgan fingerprint density at radius 3 is 2.77 bits per heavy atom. The van der Waals surface area contributed by atoms with Crippen LogP contribution in [-0.4, -0.2) is 15.6 Å². The van der Waals surface area contributed by atoms with E-state index in [0.717, 1.165) is 10.9 Å². The Balaban J connectivity index is 0.00000176. The highest BCUT2D eigenvalue weighted by Crippen LogP contribution is 2.32. The Kier molecular flexibility index (Phi) is 4.59. The van der Waals surface area contributed by atoms with Crippen molar-refractivity contribution < 1.29 is 4.79 Å². The van der Waals surface area contributed by atoms with Crippen LogP contribution >= 0.6 is 24.0 Å². The molecule has 7 heteroatoms. The molecule has 2 aromatic heterocycles. The molecule has 22 heavy (non-hydrogen) atoms. The molecule has 114 valence electrons. The van der Waals surface area contributed by atoms with Gasteiger partial charge in [0.1, 0.15) is 0 Å². The van der Waals surface area contributed by atoms with Gasteiger partial charge in [-0.3, -0.25) is 4.90 Å². The van der Waals surface area contributed by atoms with Crippen molar-refractivity contribution >= 4 is 52.3 Å². The lowest BCUT2D eigenvalue weighted by Crippen LogP contribution is -2.31. The number of rotatable bonds is 2. The summed E-state index contributed by atoms with van der Waals surface area (Å²) in [6.07, 6.45) is 3.52. The molecule has 0 aliphatic carbocycles. The van der Waals surface area contributed by atoms with Gasteiger partial charge in [-0.2, -0.15) is 0 Å². The molecule has 0 atom stereocenters. The van der Waals surface area contributed by atoms with Crippen LogP contribution < -0.4 is 10.6 Å². The Labute approximate surface area is 138 Å². The second-order valence-electron chi connectivity index (χ2n) is 4.66. The largest absolute Gasteiger partial charge is 0.351 e. The molecular weight excluding hydrogens is 323 g/mol. The number of carbonyl (C=O) groups is 1. The number of aryl methyl sites for hydroxylation is 1. The van der Waals surface area contributed by atoms with Gasteiger partial charge in [0.25, 0.3) is 0 Å². The summed E-state index contributed by atoms with van der Waals surface area (Å²) in [5, 5.41) is 1.24. The van der Waals surface area contributed by atoms with Gasteiger partial charge in [0.05, 0.1) is 11.4 Å². The molecule has 0 radical (unpaired) electrons. The molecule has 1 aromatic carbocycles. The third-order valence-electron chi connectivity index (χ3n) is 3.33. The number of aromatic nitrogens is 2. The number of anilines is 2. The first-order valence-electron chi connectivity index (χ1n) is 6.33. The van der Waals surface area contributed by atoms with Gasteiger partial charge in [0.15, 0.2) is 5.15 Å². The first-order chi connectivity index (χ1) is 10.1. The van der Waals surface area contributed by atoms with Gasteiger partial charge in [-0.1, -0.05) is 11.6 Å². The molecule has 0 spiro atoms. The van der Waals surface area contributed by atoms with Crippen LogP contribution in [-0.2, 0) is 7.05 Å². The van der Waals surface area contributed by atoms with Crippen molar-refractivity contribution in [2.75, 3.05) is 4.90 Å². The van der Waals surface area contributed by atoms with Gasteiger partial charge >= 0.3 is 6.03 Å². The molecule has 2 N–H and O–H groups in total. The smallest absolute Gasteiger partial charge is 0.323 e. The van der Waals surface area contributed by atoms with E-state index in [2.05, 4.69) is 4.98 Å². The second-order valence-corrected chi connectivity index (χ2v) is 5.01. The van der Waals surface area contributed by atoms with Crippen molar-refractivity contribution in [3.05, 3.63) is 53.9 Å². The molecule has 0 bridgehead atoms. The highest BCUT2D eigenvalue weighted by atomic mass is 35.5. The predicted octanol–water partition coefficient (Wildman–Crippen LogP) is 3.87. The summed E-state index contributed by atoms with van der Waals surface area (Å²) in [6.45, 7) is 0. The zero-order valence-corrected chi connectivity index (χ0v) is 13.3. The van der Waals surface area contributed by atoms with Crippen LogP contribution in [0.4, 0.5) is 16.2 Å². The molecule has 0 saturated heterocycles. The highest BCUT2D eigenvalue weighted by molar-refractivity contribution is 6.32. The van der Waals surface area contributed by atoms with Crippen molar-refractivity contribution in [2.45, 2.75) is 0 Å². The highest BCUT2D eigenvalue weighted by Gasteiger charge is 2.18. The van der Waals surface area contributed by atoms with E-state index in [-0.39, 0.29) is 17.6 Å². The zero-order chi connectivity index (χ0) is 15.0. The first-order valence-corrected chi connectivity index (χ1v) is 6.71. The van der Waals surface area contributed by atoms with Gasteiger partial charge in [0.2, 0.25) is 0 Å². The Hall–Kier alpha value is -2.24. The normalized spacial score (nSPS) is 10.3. The number of nitrogens with two attached hydrogens (primary N) is 1. The molecule has 3 rings (SSSR count). The summed E-state index contributed by atoms with van der Waals surface area (Å²) in [6, 6.07) is 10.4. The molecule has 5 nitrogen and oxygen atoms in total. The summed E-state index contributed by atoms with van der Waals surface area (Å²) < 4.78 is 2.00. The number of urea groups is 1. The Morgan fingerprint density at radius 2 is 2.09 bits per heavy atom. The zero-order valence-electron chi connectivity index (χ0n) is 11.7. The molecule has 0 fully saturated rings. The molecule has 2 heterocycles. The maximum atomic E-state index is 11.9. The average molecular weight is 337 g/mol. The van der Waals surface area contributed by atoms with E-state index in [4.69, 9.17) is 17.3 Å². The third-order valence-corrected chi connectivity index (χ3v) is 3.62. The van der Waals surface area contributed by atoms with E-state index in [0.29, 0.717) is 11.4 Å². The van der Waals surface area contributed by atoms with Crippen LogP contribution in [0.25, 0.3) is 10.9 Å². The molecule has 2 amide bonds. The summed E-state index contributed by atoms with van der Waals surface area (Å²) in [5.41, 5.74) is 7.69. The van der Waals surface area contributed by atoms with E-state index in [1.165, 1.54) is 4.90 Å². The number of carbonyl (C=O) groups excluding carboxylic acids is 1. The van der Waals surface area contributed by atoms with Gasteiger partial charge in [-0.25, -0.2) is 9.78 Å². The molecule has 3 aromatic rings. The van der Waals surface area contributed by atoms with Crippen molar-refractivity contribution in [3.8, 4) is 0 Å². The molecule has 0 aliphatic heterocycles. The monoisotopic (exact) mass is 336 g/mol. The van der Waals surface area contributed by atoms with Crippen LogP contribution in [0.3, 0.4) is 0 Å². The molecule has 0 aliphatic rings. The minimum atomic E-state index is -0.611. The van der Waals surface area contributed by atoms with Crippen LogP contribution in [0.1, 0.15) is 0 Å². The number of halogens is 2. The number of amides is 2. The van der Waals surface area contributed by atoms with Crippen molar-refractivity contribution in [1.82, 2.24) is 9.55 Å². The SMILES string of the molecule is Cl.Cn1ccc2cc(N(C(N)=O)c3cccnc3Cl)ccc21. The van der Waals surface area contributed by atoms with Gasteiger partial charge in [0, 0.05) is 30.3 Å². The number of pyridine rings is 1. The number of hydrogen-bond acceptors (Lipinski definition) is 2. The van der Waals surface area contributed by atoms with Gasteiger partial charge < -0.3 is 10.3 Å². The lowest BCUT2D eigenvalue weighted by atomic mass is 10.2. The third kappa shape index (κ3) is 2.73. The quantitative estimate of drug-likeness (QED) is 0.722. The molecule has 0 saturated carbocycles. The fraction of sp³-hybridized carbons (Fsp3) is 0.0667. The summed E-state index contributed by atoms with van der Waals surface area (Å²) in [4.78, 5) is 17.2. The standard InChI is InChI=1S/C15H13ClN4O.ClH/c1-19-8-6-10-9-11(4-5-12(10)19)20(15(17)21)13-3-2-7-18-14(13)16;/h2-9H,1H3,(H2,17,21);1H. The molecular formula is C15H14Cl2N4O. The lowest BCUT2D eigenvalue weighted by Gasteiger charge is -2.21. The Morgan fingerprint density at radius 1 is 1.32 bits per heavy atom. The minimum absolute atomic E-state index is 0. The maximum absolute atomic E-state index is 11.9. The number of primary amides is 1. The lowest BCUT2D eigenvalue weighted by molar-refractivity contribution is 0.256. The van der Waals surface area contributed by atoms with E-state index in [1.807, 2.05) is 42.1 Å². The maximum Gasteiger partial charge on any atom is 0.323 e. The summed E-state index contributed by atoms with van der Waals surface area (Å²) >= 11 is 6.07. The minimum Gasteiger partial charge on any atom is -0.351 e. The van der Waals surface area contributed by atoms with Crippen LogP contribution in [0, 0.1) is 0 Å². The van der Waals surface area contributed by atoms with Crippen molar-refractivity contribution in [2.24, 2.45) is 12.8 Å². The fourth-order valence-corrected chi connectivity index (χ4v) is 2.54. The fourth-order valence-electron chi connectivity index (χ4n) is 2.34. The Bertz CT molecular complexity index is 831. The summed E-state index contributed by atoms with van der Waals surface area (Å²) in [7, 11) is 1.96. The van der Waals surface area contributed by atoms with Crippen molar-refractivity contribution in [3.63, 3.8) is 0 Å². The topological polar surface area (TPSA) is 64.2 Å². The van der Waals surface area contributed by atoms with Gasteiger partial charge in [-0.05, 0) is 36.4 Å². The number of fused-ring (bicyclic) bond motifs is 1. The second kappa shape index (κ2) is 6.25. The van der Waals surface area contributed by atoms with Crippen LogP contribution in [0.2, 0.25) is 5.15 Å². The van der Waals surface area contributed by atoms with E-state index < -0.39 is 6.03 Å². The van der Waals surface area contributed by atoms with E-state index in [9.17, 15) is 4.79 Å². The number of benzene rings is 1. The van der Waals surface area contributed by atoms with Crippen LogP contribution in [0.5, 0.6) is 0 Å². The average Bonchev–Trinajstić information content (AvgIpc) is 2.82.